The molecule has 7 heteroatoms. The van der Waals surface area contributed by atoms with Crippen LogP contribution < -0.4 is 4.74 Å². The van der Waals surface area contributed by atoms with Crippen molar-refractivity contribution in [2.75, 3.05) is 6.54 Å². The van der Waals surface area contributed by atoms with Crippen molar-refractivity contribution < 1.29 is 19.2 Å². The van der Waals surface area contributed by atoms with Crippen LogP contribution in [0.4, 0.5) is 5.69 Å². The summed E-state index contributed by atoms with van der Waals surface area (Å²) in [5.41, 5.74) is 7.85. The molecule has 46 heavy (non-hydrogen) atoms. The van der Waals surface area contributed by atoms with Crippen molar-refractivity contribution in [1.82, 2.24) is 4.90 Å². The molecule has 0 radical (unpaired) electrons. The third kappa shape index (κ3) is 7.48. The molecule has 7 nitrogen and oxygen atoms in total. The Bertz CT molecular complexity index is 1620. The molecule has 0 saturated heterocycles. The highest BCUT2D eigenvalue weighted by atomic mass is 16.6. The van der Waals surface area contributed by atoms with Gasteiger partial charge in [0, 0.05) is 37.2 Å². The molecule has 1 aliphatic carbocycles. The largest absolute Gasteiger partial charge is 0.482 e. The minimum absolute atomic E-state index is 0.155. The first-order chi connectivity index (χ1) is 22.2. The Morgan fingerprint density at radius 3 is 1.98 bits per heavy atom. The number of ether oxygens (including phenoxy) is 2. The van der Waals surface area contributed by atoms with Gasteiger partial charge < -0.3 is 9.47 Å². The summed E-state index contributed by atoms with van der Waals surface area (Å²) in [5.74, 6) is -0.257. The highest BCUT2D eigenvalue weighted by molar-refractivity contribution is 5.66. The summed E-state index contributed by atoms with van der Waals surface area (Å²) in [6.07, 6.45) is 3.97. The molecule has 0 aromatic heterocycles. The molecular weight excluding hydrogens is 576 g/mol. The Hall–Kier alpha value is -4.49. The van der Waals surface area contributed by atoms with Crippen molar-refractivity contribution in [1.29, 1.82) is 0 Å². The fraction of sp³-hybridized carbons (Fsp3) is 0.359. The predicted octanol–water partition coefficient (Wildman–Crippen LogP) is 8.35. The zero-order chi connectivity index (χ0) is 32.7. The van der Waals surface area contributed by atoms with Gasteiger partial charge in [-0.15, -0.1) is 0 Å². The second-order valence-electron chi connectivity index (χ2n) is 12.3. The van der Waals surface area contributed by atoms with E-state index in [4.69, 9.17) is 9.47 Å². The smallest absolute Gasteiger partial charge is 0.311 e. The molecule has 0 bridgehead atoms. The Morgan fingerprint density at radius 2 is 1.46 bits per heavy atom. The van der Waals surface area contributed by atoms with Crippen molar-refractivity contribution in [3.05, 3.63) is 140 Å². The lowest BCUT2D eigenvalue weighted by molar-refractivity contribution is -0.386. The van der Waals surface area contributed by atoms with Gasteiger partial charge >= 0.3 is 11.7 Å². The third-order valence-corrected chi connectivity index (χ3v) is 9.35. The number of hydrogen-bond donors (Lipinski definition) is 0. The Kier molecular flexibility index (Phi) is 10.5. The highest BCUT2D eigenvalue weighted by Gasteiger charge is 2.42. The average molecular weight is 621 g/mol. The molecule has 0 unspecified atom stereocenters. The fourth-order valence-electron chi connectivity index (χ4n) is 6.82. The first-order valence-electron chi connectivity index (χ1n) is 16.3. The molecule has 4 aromatic rings. The van der Waals surface area contributed by atoms with Crippen molar-refractivity contribution in [2.45, 2.75) is 84.6 Å². The van der Waals surface area contributed by atoms with Gasteiger partial charge in [0.1, 0.15) is 12.7 Å². The van der Waals surface area contributed by atoms with E-state index < -0.39 is 17.0 Å². The minimum atomic E-state index is -0.715. The number of nitro benzene ring substituents is 1. The molecule has 0 saturated carbocycles. The van der Waals surface area contributed by atoms with E-state index in [2.05, 4.69) is 49.9 Å². The number of rotatable bonds is 14. The van der Waals surface area contributed by atoms with Crippen LogP contribution in [-0.4, -0.2) is 27.9 Å². The number of benzene rings is 4. The Balaban J connectivity index is 1.50. The fourth-order valence-corrected chi connectivity index (χ4v) is 6.82. The molecule has 0 N–H and O–H groups in total. The SMILES string of the molecule is CCc1cc2c(cc1CC)CC(CC)(N(Cc1ccccc1)C[C@H](OC(C)=O)c1ccc(OCc3ccccc3)c([N+](=O)[O-])c1)C2. The minimum Gasteiger partial charge on any atom is -0.482 e. The monoisotopic (exact) mass is 620 g/mol. The molecule has 4 aromatic carbocycles. The van der Waals surface area contributed by atoms with Crippen LogP contribution in [0.25, 0.3) is 0 Å². The summed E-state index contributed by atoms with van der Waals surface area (Å²) in [4.78, 5) is 26.7. The van der Waals surface area contributed by atoms with Gasteiger partial charge in [0.05, 0.1) is 4.92 Å². The number of esters is 1. The van der Waals surface area contributed by atoms with Gasteiger partial charge in [0.2, 0.25) is 0 Å². The van der Waals surface area contributed by atoms with E-state index in [9.17, 15) is 14.9 Å². The molecule has 240 valence electrons. The molecule has 0 aliphatic heterocycles. The number of fused-ring (bicyclic) bond motifs is 1. The maximum Gasteiger partial charge on any atom is 0.311 e. The van der Waals surface area contributed by atoms with Crippen molar-refractivity contribution in [2.24, 2.45) is 0 Å². The van der Waals surface area contributed by atoms with E-state index in [1.807, 2.05) is 48.5 Å². The number of aryl methyl sites for hydroxylation is 2. The number of hydrogen-bond acceptors (Lipinski definition) is 6. The summed E-state index contributed by atoms with van der Waals surface area (Å²) in [5, 5.41) is 12.2. The van der Waals surface area contributed by atoms with Gasteiger partial charge in [-0.05, 0) is 71.6 Å². The lowest BCUT2D eigenvalue weighted by atomic mass is 9.88. The normalized spacial score (nSPS) is 14.1. The standard InChI is InChI=1S/C39H44N2O5/c1-5-31-20-34-23-39(7-3,24-35(34)21-32(31)6-2)40(25-29-14-10-8-11-15-29)26-38(46-28(4)42)33-18-19-37(36(22-33)41(43)44)45-27-30-16-12-9-13-17-30/h8-22,38H,5-7,23-27H2,1-4H3/t38-/m0/s1. The summed E-state index contributed by atoms with van der Waals surface area (Å²) >= 11 is 0. The lowest BCUT2D eigenvalue weighted by Crippen LogP contribution is -2.50. The maximum atomic E-state index is 12.5. The predicted molar refractivity (Wildman–Crippen MR) is 181 cm³/mol. The summed E-state index contributed by atoms with van der Waals surface area (Å²) in [7, 11) is 0. The van der Waals surface area contributed by atoms with Crippen molar-refractivity contribution in [3.8, 4) is 5.75 Å². The van der Waals surface area contributed by atoms with Crippen LogP contribution in [0, 0.1) is 10.1 Å². The number of carbonyl (C=O) groups excluding carboxylic acids is 1. The van der Waals surface area contributed by atoms with E-state index in [1.165, 1.54) is 35.2 Å². The van der Waals surface area contributed by atoms with E-state index in [1.54, 1.807) is 12.1 Å². The first-order valence-corrected chi connectivity index (χ1v) is 16.3. The molecule has 0 fully saturated rings. The van der Waals surface area contributed by atoms with Crippen LogP contribution in [0.2, 0.25) is 0 Å². The van der Waals surface area contributed by atoms with Gasteiger partial charge in [-0.3, -0.25) is 19.8 Å². The van der Waals surface area contributed by atoms with Crippen LogP contribution >= 0.6 is 0 Å². The molecule has 0 amide bonds. The van der Waals surface area contributed by atoms with Crippen LogP contribution in [0.3, 0.4) is 0 Å². The Labute approximate surface area is 272 Å². The van der Waals surface area contributed by atoms with Gasteiger partial charge in [-0.2, -0.15) is 0 Å². The molecule has 1 atom stereocenters. The first kappa shape index (κ1) is 32.9. The lowest BCUT2D eigenvalue weighted by Gasteiger charge is -2.42. The zero-order valence-electron chi connectivity index (χ0n) is 27.3. The second kappa shape index (κ2) is 14.7. The molecule has 5 rings (SSSR count). The third-order valence-electron chi connectivity index (χ3n) is 9.35. The quantitative estimate of drug-likeness (QED) is 0.0801. The summed E-state index contributed by atoms with van der Waals surface area (Å²) in [6, 6.07) is 29.6. The number of carbonyl (C=O) groups is 1. The van der Waals surface area contributed by atoms with Crippen molar-refractivity contribution >= 4 is 11.7 Å². The average Bonchev–Trinajstić information content (AvgIpc) is 3.45. The number of nitro groups is 1. The number of nitrogens with zero attached hydrogens (tertiary/aromatic N) is 2. The van der Waals surface area contributed by atoms with E-state index >= 15 is 0 Å². The summed E-state index contributed by atoms with van der Waals surface area (Å²) in [6.45, 7) is 9.30. The topological polar surface area (TPSA) is 81.9 Å². The van der Waals surface area contributed by atoms with Gasteiger partial charge in [0.25, 0.3) is 0 Å². The van der Waals surface area contributed by atoms with E-state index in [-0.39, 0.29) is 23.6 Å². The molecular formula is C39H44N2O5. The summed E-state index contributed by atoms with van der Waals surface area (Å²) < 4.78 is 11.9. The zero-order valence-corrected chi connectivity index (χ0v) is 27.3. The maximum absolute atomic E-state index is 12.5. The van der Waals surface area contributed by atoms with Crippen LogP contribution in [0.1, 0.15) is 79.2 Å². The van der Waals surface area contributed by atoms with Gasteiger partial charge in [-0.25, -0.2) is 0 Å². The highest BCUT2D eigenvalue weighted by Crippen LogP contribution is 2.41. The van der Waals surface area contributed by atoms with Crippen molar-refractivity contribution in [3.63, 3.8) is 0 Å². The van der Waals surface area contributed by atoms with E-state index in [0.29, 0.717) is 18.7 Å². The Morgan fingerprint density at radius 1 is 0.870 bits per heavy atom. The van der Waals surface area contributed by atoms with Crippen LogP contribution in [0.15, 0.2) is 91.0 Å². The molecule has 0 spiro atoms. The van der Waals surface area contributed by atoms with Gasteiger partial charge in [0.15, 0.2) is 5.75 Å². The molecule has 0 heterocycles. The van der Waals surface area contributed by atoms with Crippen LogP contribution in [-0.2, 0) is 48.4 Å². The van der Waals surface area contributed by atoms with Gasteiger partial charge in [-0.1, -0.05) is 99.6 Å². The van der Waals surface area contributed by atoms with Crippen LogP contribution in [0.5, 0.6) is 5.75 Å². The van der Waals surface area contributed by atoms with E-state index in [0.717, 1.165) is 43.2 Å². The molecule has 1 aliphatic rings. The second-order valence-corrected chi connectivity index (χ2v) is 12.3.